The van der Waals surface area contributed by atoms with Gasteiger partial charge in [0.25, 0.3) is 5.56 Å². The van der Waals surface area contributed by atoms with Crippen molar-refractivity contribution in [3.05, 3.63) is 62.4 Å². The van der Waals surface area contributed by atoms with Gasteiger partial charge in [-0.2, -0.15) is 0 Å². The average molecular weight is 447 g/mol. The second-order valence-corrected chi connectivity index (χ2v) is 8.89. The highest BCUT2D eigenvalue weighted by molar-refractivity contribution is 5.91. The third kappa shape index (κ3) is 3.06. The molecule has 5 rings (SSSR count). The van der Waals surface area contributed by atoms with E-state index >= 15 is 0 Å². The summed E-state index contributed by atoms with van der Waals surface area (Å²) in [5, 5.41) is 12.1. The Bertz CT molecular complexity index is 1400. The van der Waals surface area contributed by atoms with Crippen LogP contribution in [0.1, 0.15) is 61.4 Å². The molecule has 0 fully saturated rings. The third-order valence-electron chi connectivity index (χ3n) is 7.01. The van der Waals surface area contributed by atoms with Gasteiger partial charge in [-0.05, 0) is 49.4 Å². The first-order valence-corrected chi connectivity index (χ1v) is 11.4. The van der Waals surface area contributed by atoms with Crippen molar-refractivity contribution in [2.45, 2.75) is 65.2 Å². The van der Waals surface area contributed by atoms with Crippen LogP contribution in [0, 0.1) is 0 Å². The van der Waals surface area contributed by atoms with E-state index in [1.165, 1.54) is 0 Å². The van der Waals surface area contributed by atoms with Crippen LogP contribution >= 0.6 is 0 Å². The number of ketones is 1. The summed E-state index contributed by atoms with van der Waals surface area (Å²) in [6.07, 6.45) is 1.97. The van der Waals surface area contributed by atoms with Crippen LogP contribution in [0.3, 0.4) is 0 Å². The topological polar surface area (TPSA) is 98.5 Å². The minimum atomic E-state index is -1.84. The molecule has 0 radical (unpaired) electrons. The van der Waals surface area contributed by atoms with E-state index in [0.717, 1.165) is 34.0 Å². The van der Waals surface area contributed by atoms with Crippen LogP contribution in [0.4, 0.5) is 0 Å². The van der Waals surface area contributed by atoms with Crippen LogP contribution < -0.4 is 5.56 Å². The molecule has 33 heavy (non-hydrogen) atoms. The smallest absolute Gasteiger partial charge is 0.343 e. The van der Waals surface area contributed by atoms with Crippen molar-refractivity contribution in [2.24, 2.45) is 0 Å². The Kier molecular flexibility index (Phi) is 4.97. The lowest BCUT2D eigenvalue weighted by Crippen LogP contribution is -2.44. The summed E-state index contributed by atoms with van der Waals surface area (Å²) in [5.74, 6) is -0.584. The molecule has 2 aromatic heterocycles. The van der Waals surface area contributed by atoms with E-state index in [-0.39, 0.29) is 24.4 Å². The second kappa shape index (κ2) is 7.63. The predicted molar refractivity (Wildman–Crippen MR) is 123 cm³/mol. The number of ether oxygens (including phenoxy) is 1. The molecule has 1 aromatic carbocycles. The average Bonchev–Trinajstić information content (AvgIpc) is 3.17. The van der Waals surface area contributed by atoms with Gasteiger partial charge < -0.3 is 19.2 Å². The first kappa shape index (κ1) is 21.5. The minimum absolute atomic E-state index is 0.111. The van der Waals surface area contributed by atoms with E-state index in [1.807, 2.05) is 18.2 Å². The van der Waals surface area contributed by atoms with E-state index in [0.29, 0.717) is 41.9 Å². The van der Waals surface area contributed by atoms with E-state index in [4.69, 9.17) is 9.72 Å². The normalized spacial score (nSPS) is 18.6. The number of aryl methyl sites for hydroxylation is 2. The summed E-state index contributed by atoms with van der Waals surface area (Å²) < 4.78 is 6.82. The third-order valence-corrected chi connectivity index (χ3v) is 7.01. The highest BCUT2D eigenvalue weighted by Gasteiger charge is 2.45. The number of hydrogen-bond acceptors (Lipinski definition) is 6. The van der Waals surface area contributed by atoms with Crippen molar-refractivity contribution in [1.82, 2.24) is 9.55 Å². The van der Waals surface area contributed by atoms with Gasteiger partial charge in [0.2, 0.25) is 0 Å². The lowest BCUT2D eigenvalue weighted by molar-refractivity contribution is -0.172. The summed E-state index contributed by atoms with van der Waals surface area (Å²) in [5.41, 5.74) is 3.85. The van der Waals surface area contributed by atoms with Gasteiger partial charge in [-0.15, -0.1) is 0 Å². The summed E-state index contributed by atoms with van der Waals surface area (Å²) in [6.45, 7) is 5.60. The number of nitrogens with zero attached hydrogens (tertiary/aromatic N) is 2. The summed E-state index contributed by atoms with van der Waals surface area (Å²) in [4.78, 5) is 42.3. The maximum atomic E-state index is 13.4. The molecule has 170 valence electrons. The first-order chi connectivity index (χ1) is 15.8. The van der Waals surface area contributed by atoms with Crippen molar-refractivity contribution in [3.8, 4) is 11.4 Å². The number of hydrogen-bond donors (Lipinski definition) is 1. The molecule has 7 heteroatoms. The highest BCUT2D eigenvalue weighted by Crippen LogP contribution is 2.40. The number of aliphatic hydroxyl groups is 1. The SMILES string of the molecule is CCc1c2c(nc3cccc(CCC(C)=O)c13)-c1cc3c(c(=O)n1C2)COC(=O)C3(O)CC. The van der Waals surface area contributed by atoms with Crippen molar-refractivity contribution in [1.29, 1.82) is 0 Å². The highest BCUT2D eigenvalue weighted by atomic mass is 16.6. The molecule has 1 unspecified atom stereocenters. The van der Waals surface area contributed by atoms with Crippen LogP contribution in [-0.4, -0.2) is 26.4 Å². The number of benzene rings is 1. The fourth-order valence-corrected chi connectivity index (χ4v) is 5.21. The zero-order valence-corrected chi connectivity index (χ0v) is 19.0. The quantitative estimate of drug-likeness (QED) is 0.473. The predicted octanol–water partition coefficient (Wildman–Crippen LogP) is 3.16. The van der Waals surface area contributed by atoms with E-state index in [9.17, 15) is 19.5 Å². The van der Waals surface area contributed by atoms with Gasteiger partial charge >= 0.3 is 5.97 Å². The standard InChI is InChI=1S/C26H26N2O5/c1-4-16-17-12-28-21(11-19-18(24(28)30)13-33-25(31)26(19,32)5-2)23(17)27-20-8-6-7-15(22(16)20)10-9-14(3)29/h6-8,11,32H,4-5,9-10,12-13H2,1-3H3. The van der Waals surface area contributed by atoms with Gasteiger partial charge in [0.15, 0.2) is 5.60 Å². The van der Waals surface area contributed by atoms with E-state index in [1.54, 1.807) is 24.5 Å². The Balaban J connectivity index is 1.76. The molecule has 0 bridgehead atoms. The second-order valence-electron chi connectivity index (χ2n) is 8.89. The first-order valence-electron chi connectivity index (χ1n) is 11.4. The zero-order valence-electron chi connectivity index (χ0n) is 19.0. The van der Waals surface area contributed by atoms with Gasteiger partial charge in [-0.25, -0.2) is 9.78 Å². The Hall–Kier alpha value is -3.32. The van der Waals surface area contributed by atoms with Crippen molar-refractivity contribution in [3.63, 3.8) is 0 Å². The molecule has 0 spiro atoms. The van der Waals surface area contributed by atoms with E-state index < -0.39 is 11.6 Å². The monoisotopic (exact) mass is 446 g/mol. The molecular formula is C26H26N2O5. The molecule has 1 N–H and O–H groups in total. The van der Waals surface area contributed by atoms with E-state index in [2.05, 4.69) is 6.92 Å². The van der Waals surface area contributed by atoms with Crippen molar-refractivity contribution < 1.29 is 19.4 Å². The number of aromatic nitrogens is 2. The molecule has 1 atom stereocenters. The summed E-state index contributed by atoms with van der Waals surface area (Å²) >= 11 is 0. The maximum absolute atomic E-state index is 13.4. The number of esters is 1. The number of carbonyl (C=O) groups is 2. The number of pyridine rings is 2. The molecule has 0 saturated carbocycles. The van der Waals surface area contributed by atoms with Crippen LogP contribution in [-0.2, 0) is 45.9 Å². The van der Waals surface area contributed by atoms with Gasteiger partial charge in [0, 0.05) is 22.9 Å². The Morgan fingerprint density at radius 1 is 1.24 bits per heavy atom. The molecule has 7 nitrogen and oxygen atoms in total. The van der Waals surface area contributed by atoms with Crippen molar-refractivity contribution >= 4 is 22.7 Å². The number of Topliss-reactive ketones (excluding diaryl/α,β-unsaturated/α-hetero) is 1. The molecule has 0 aliphatic carbocycles. The molecule has 0 amide bonds. The van der Waals surface area contributed by atoms with Crippen molar-refractivity contribution in [2.75, 3.05) is 0 Å². The van der Waals surface area contributed by atoms with Crippen LogP contribution in [0.25, 0.3) is 22.3 Å². The molecule has 4 heterocycles. The maximum Gasteiger partial charge on any atom is 0.343 e. The van der Waals surface area contributed by atoms with Crippen LogP contribution in [0.15, 0.2) is 29.1 Å². The number of rotatable bonds is 5. The van der Waals surface area contributed by atoms with Crippen LogP contribution in [0.5, 0.6) is 0 Å². The molecule has 3 aromatic rings. The number of cyclic esters (lactones) is 1. The molecule has 0 saturated heterocycles. The summed E-state index contributed by atoms with van der Waals surface area (Å²) in [7, 11) is 0. The Morgan fingerprint density at radius 3 is 2.73 bits per heavy atom. The number of carbonyl (C=O) groups excluding carboxylic acids is 2. The van der Waals surface area contributed by atoms with Gasteiger partial charge in [-0.3, -0.25) is 4.79 Å². The lowest BCUT2D eigenvalue weighted by atomic mass is 9.86. The van der Waals surface area contributed by atoms with Crippen LogP contribution in [0.2, 0.25) is 0 Å². The fourth-order valence-electron chi connectivity index (χ4n) is 5.21. The van der Waals surface area contributed by atoms with Gasteiger partial charge in [-0.1, -0.05) is 26.0 Å². The molecule has 2 aliphatic rings. The molecule has 2 aliphatic heterocycles. The minimum Gasteiger partial charge on any atom is -0.458 e. The Labute approximate surface area is 191 Å². The largest absolute Gasteiger partial charge is 0.458 e. The fraction of sp³-hybridized carbons (Fsp3) is 0.385. The Morgan fingerprint density at radius 2 is 2.03 bits per heavy atom. The number of fused-ring (bicyclic) bond motifs is 5. The molecular weight excluding hydrogens is 420 g/mol. The van der Waals surface area contributed by atoms with Gasteiger partial charge in [0.1, 0.15) is 12.4 Å². The summed E-state index contributed by atoms with van der Waals surface area (Å²) in [6, 6.07) is 7.67. The lowest BCUT2D eigenvalue weighted by Gasteiger charge is -2.31. The zero-order chi connectivity index (χ0) is 23.5. The van der Waals surface area contributed by atoms with Gasteiger partial charge in [0.05, 0.1) is 29.0 Å².